The summed E-state index contributed by atoms with van der Waals surface area (Å²) in [4.78, 5) is 0. The van der Waals surface area contributed by atoms with E-state index in [1.165, 1.54) is 11.1 Å². The van der Waals surface area contributed by atoms with Gasteiger partial charge in [-0.1, -0.05) is 78.7 Å². The molecular formula is C15H16LiN. The number of nitrogens with zero attached hydrogens (tertiary/aromatic N) is 1. The van der Waals surface area contributed by atoms with Crippen molar-refractivity contribution in [2.75, 3.05) is 0 Å². The van der Waals surface area contributed by atoms with E-state index in [0.29, 0.717) is 0 Å². The first kappa shape index (κ1) is 14.1. The second-order valence-electron chi connectivity index (χ2n) is 3.91. The maximum atomic E-state index is 4.66. The van der Waals surface area contributed by atoms with Crippen LogP contribution in [0.2, 0.25) is 0 Å². The molecular weight excluding hydrogens is 201 g/mol. The van der Waals surface area contributed by atoms with Crippen molar-refractivity contribution in [1.82, 2.24) is 0 Å². The summed E-state index contributed by atoms with van der Waals surface area (Å²) in [6.45, 7) is 2.93. The van der Waals surface area contributed by atoms with Gasteiger partial charge in [-0.3, -0.25) is 0 Å². The monoisotopic (exact) mass is 217 g/mol. The quantitative estimate of drug-likeness (QED) is 0.686. The van der Waals surface area contributed by atoms with E-state index in [2.05, 4.69) is 60.8 Å². The van der Waals surface area contributed by atoms with Gasteiger partial charge in [-0.05, 0) is 0 Å². The molecule has 0 saturated heterocycles. The van der Waals surface area contributed by atoms with Crippen molar-refractivity contribution >= 4 is 0 Å². The van der Waals surface area contributed by atoms with Crippen LogP contribution in [0, 0.1) is 0 Å². The molecule has 2 rings (SSSR count). The minimum Gasteiger partial charge on any atom is -0.652 e. The predicted octanol–water partition coefficient (Wildman–Crippen LogP) is 1.33. The Balaban J connectivity index is 0.00000144. The Hall–Kier alpha value is -1.00. The smallest absolute Gasteiger partial charge is 0.652 e. The molecule has 0 saturated carbocycles. The van der Waals surface area contributed by atoms with Crippen LogP contribution in [0.5, 0.6) is 0 Å². The molecule has 1 atom stereocenters. The molecule has 0 aromatic heterocycles. The minimum atomic E-state index is 0. The summed E-state index contributed by atoms with van der Waals surface area (Å²) < 4.78 is 0. The second kappa shape index (κ2) is 7.35. The third-order valence-corrected chi connectivity index (χ3v) is 2.67. The Labute approximate surface area is 115 Å². The standard InChI is InChI=1S/C15H16N.Li/c1-13(15-10-6-3-7-11-15)16-12-14-8-4-2-5-9-14;/h2-11,13H,12H2,1H3;/q-1;+1/t13-;/m0./s1. The molecule has 1 nitrogen and oxygen atoms in total. The van der Waals surface area contributed by atoms with Gasteiger partial charge >= 0.3 is 18.9 Å². The van der Waals surface area contributed by atoms with Crippen LogP contribution in [0.25, 0.3) is 5.32 Å². The van der Waals surface area contributed by atoms with Gasteiger partial charge in [0.05, 0.1) is 0 Å². The van der Waals surface area contributed by atoms with Crippen molar-refractivity contribution in [3.63, 3.8) is 0 Å². The Morgan fingerprint density at radius 1 is 0.882 bits per heavy atom. The predicted molar refractivity (Wildman–Crippen MR) is 68.4 cm³/mol. The normalized spacial score (nSPS) is 11.6. The van der Waals surface area contributed by atoms with Gasteiger partial charge in [0.15, 0.2) is 0 Å². The zero-order chi connectivity index (χ0) is 11.2. The van der Waals surface area contributed by atoms with Gasteiger partial charge in [0.25, 0.3) is 0 Å². The second-order valence-corrected chi connectivity index (χ2v) is 3.91. The van der Waals surface area contributed by atoms with E-state index in [1.54, 1.807) is 0 Å². The number of hydrogen-bond acceptors (Lipinski definition) is 0. The zero-order valence-corrected chi connectivity index (χ0v) is 10.5. The van der Waals surface area contributed by atoms with Gasteiger partial charge in [-0.2, -0.15) is 0 Å². The van der Waals surface area contributed by atoms with Gasteiger partial charge in [0, 0.05) is 0 Å². The molecule has 0 N–H and O–H groups in total. The molecule has 2 aromatic carbocycles. The van der Waals surface area contributed by atoms with Gasteiger partial charge in [-0.25, -0.2) is 0 Å². The molecule has 0 fully saturated rings. The van der Waals surface area contributed by atoms with Crippen molar-refractivity contribution in [2.24, 2.45) is 0 Å². The van der Waals surface area contributed by atoms with Crippen molar-refractivity contribution < 1.29 is 18.9 Å². The fourth-order valence-corrected chi connectivity index (χ4v) is 1.66. The topological polar surface area (TPSA) is 14.1 Å². The van der Waals surface area contributed by atoms with Crippen molar-refractivity contribution in [1.29, 1.82) is 0 Å². The molecule has 0 aliphatic heterocycles. The summed E-state index contributed by atoms with van der Waals surface area (Å²) in [6, 6.07) is 21.0. The van der Waals surface area contributed by atoms with Gasteiger partial charge < -0.3 is 5.32 Å². The number of rotatable bonds is 4. The Bertz CT molecular complexity index is 413. The van der Waals surface area contributed by atoms with Crippen LogP contribution >= 0.6 is 0 Å². The molecule has 0 aliphatic carbocycles. The number of benzene rings is 2. The van der Waals surface area contributed by atoms with E-state index >= 15 is 0 Å². The van der Waals surface area contributed by atoms with E-state index in [4.69, 9.17) is 0 Å². The first-order valence-electron chi connectivity index (χ1n) is 5.62. The van der Waals surface area contributed by atoms with E-state index in [-0.39, 0.29) is 24.9 Å². The Kier molecular flexibility index (Phi) is 6.08. The summed E-state index contributed by atoms with van der Waals surface area (Å²) in [5, 5.41) is 4.66. The zero-order valence-electron chi connectivity index (χ0n) is 10.5. The first-order chi connectivity index (χ1) is 7.86. The minimum absolute atomic E-state index is 0. The molecule has 82 valence electrons. The fraction of sp³-hybridized carbons (Fsp3) is 0.200. The summed E-state index contributed by atoms with van der Waals surface area (Å²) in [5.74, 6) is 0. The average molecular weight is 217 g/mol. The van der Waals surface area contributed by atoms with Crippen LogP contribution in [0.3, 0.4) is 0 Å². The maximum absolute atomic E-state index is 4.66. The largest absolute Gasteiger partial charge is 1.00 e. The van der Waals surface area contributed by atoms with Gasteiger partial charge in [-0.15, -0.1) is 12.6 Å². The molecule has 0 unspecified atom stereocenters. The number of hydrogen-bond donors (Lipinski definition) is 0. The van der Waals surface area contributed by atoms with Crippen LogP contribution in [-0.2, 0) is 6.54 Å². The Morgan fingerprint density at radius 3 is 2.00 bits per heavy atom. The SMILES string of the molecule is C[C@H]([N-]Cc1ccccc1)c1ccccc1.[Li+]. The maximum Gasteiger partial charge on any atom is 1.00 e. The molecule has 0 radical (unpaired) electrons. The van der Waals surface area contributed by atoms with Crippen molar-refractivity contribution in [3.05, 3.63) is 77.1 Å². The summed E-state index contributed by atoms with van der Waals surface area (Å²) in [5.41, 5.74) is 2.55. The summed E-state index contributed by atoms with van der Waals surface area (Å²) in [7, 11) is 0. The van der Waals surface area contributed by atoms with Gasteiger partial charge in [0.1, 0.15) is 0 Å². The van der Waals surface area contributed by atoms with E-state index < -0.39 is 0 Å². The van der Waals surface area contributed by atoms with E-state index in [0.717, 1.165) is 6.54 Å². The van der Waals surface area contributed by atoms with E-state index in [9.17, 15) is 0 Å². The van der Waals surface area contributed by atoms with Crippen molar-refractivity contribution in [2.45, 2.75) is 19.5 Å². The Morgan fingerprint density at radius 2 is 1.41 bits per heavy atom. The molecule has 0 heterocycles. The third kappa shape index (κ3) is 4.40. The van der Waals surface area contributed by atoms with Crippen LogP contribution in [0.4, 0.5) is 0 Å². The molecule has 0 spiro atoms. The van der Waals surface area contributed by atoms with Gasteiger partial charge in [0.2, 0.25) is 0 Å². The molecule has 0 bridgehead atoms. The van der Waals surface area contributed by atoms with Crippen LogP contribution in [0.15, 0.2) is 60.7 Å². The van der Waals surface area contributed by atoms with E-state index in [1.807, 2.05) is 12.1 Å². The first-order valence-corrected chi connectivity index (χ1v) is 5.62. The molecule has 17 heavy (non-hydrogen) atoms. The van der Waals surface area contributed by atoms with Crippen LogP contribution in [0.1, 0.15) is 24.1 Å². The summed E-state index contributed by atoms with van der Waals surface area (Å²) in [6.07, 6.45) is 0. The average Bonchev–Trinajstić information content (AvgIpc) is 2.38. The molecule has 0 aliphatic rings. The van der Waals surface area contributed by atoms with Crippen LogP contribution < -0.4 is 18.9 Å². The molecule has 2 aromatic rings. The molecule has 0 amide bonds. The van der Waals surface area contributed by atoms with Crippen molar-refractivity contribution in [3.8, 4) is 0 Å². The van der Waals surface area contributed by atoms with Crippen LogP contribution in [-0.4, -0.2) is 0 Å². The fourth-order valence-electron chi connectivity index (χ4n) is 1.66. The summed E-state index contributed by atoms with van der Waals surface area (Å²) >= 11 is 0. The third-order valence-electron chi connectivity index (χ3n) is 2.67. The molecule has 2 heteroatoms.